The molecule has 16 heavy (non-hydrogen) atoms. The van der Waals surface area contributed by atoms with Crippen molar-refractivity contribution < 1.29 is 0 Å². The van der Waals surface area contributed by atoms with Gasteiger partial charge in [0.15, 0.2) is 0 Å². The molecule has 2 rings (SSSR count). The first-order valence-electron chi connectivity index (χ1n) is 5.36. The van der Waals surface area contributed by atoms with Gasteiger partial charge in [0.25, 0.3) is 0 Å². The van der Waals surface area contributed by atoms with E-state index in [1.807, 2.05) is 24.4 Å². The normalized spacial score (nSPS) is 12.2. The number of nitrogens with two attached hydrogens (primary N) is 1. The van der Waals surface area contributed by atoms with Crippen LogP contribution in [0.3, 0.4) is 0 Å². The second-order valence-electron chi connectivity index (χ2n) is 4.71. The SMILES string of the molecule is CC(C)(C)Sc1nc2ccccn2c1CN. The lowest BCUT2D eigenvalue weighted by Crippen LogP contribution is -2.09. The van der Waals surface area contributed by atoms with Crippen molar-refractivity contribution in [3.8, 4) is 0 Å². The minimum atomic E-state index is 0.155. The quantitative estimate of drug-likeness (QED) is 0.814. The zero-order valence-corrected chi connectivity index (χ0v) is 10.7. The summed E-state index contributed by atoms with van der Waals surface area (Å²) >= 11 is 1.77. The molecule has 2 aromatic rings. The van der Waals surface area contributed by atoms with Crippen LogP contribution < -0.4 is 5.73 Å². The van der Waals surface area contributed by atoms with Gasteiger partial charge in [0.2, 0.25) is 0 Å². The Hall–Kier alpha value is -1.00. The summed E-state index contributed by atoms with van der Waals surface area (Å²) < 4.78 is 2.22. The third kappa shape index (κ3) is 2.23. The van der Waals surface area contributed by atoms with Crippen LogP contribution in [0.1, 0.15) is 26.5 Å². The van der Waals surface area contributed by atoms with Crippen molar-refractivity contribution in [3.05, 3.63) is 30.1 Å². The first-order valence-corrected chi connectivity index (χ1v) is 6.18. The highest BCUT2D eigenvalue weighted by Gasteiger charge is 2.18. The Morgan fingerprint density at radius 2 is 2.12 bits per heavy atom. The van der Waals surface area contributed by atoms with Gasteiger partial charge in [-0.25, -0.2) is 4.98 Å². The van der Waals surface area contributed by atoms with Gasteiger partial charge in [-0.15, -0.1) is 0 Å². The van der Waals surface area contributed by atoms with Crippen LogP contribution in [0.4, 0.5) is 0 Å². The van der Waals surface area contributed by atoms with Crippen molar-refractivity contribution in [2.45, 2.75) is 37.1 Å². The highest BCUT2D eigenvalue weighted by atomic mass is 32.2. The van der Waals surface area contributed by atoms with E-state index in [0.717, 1.165) is 16.4 Å². The Kier molecular flexibility index (Phi) is 2.95. The number of thioether (sulfide) groups is 1. The van der Waals surface area contributed by atoms with Crippen LogP contribution in [0.2, 0.25) is 0 Å². The third-order valence-electron chi connectivity index (χ3n) is 2.19. The largest absolute Gasteiger partial charge is 0.325 e. The lowest BCUT2D eigenvalue weighted by Gasteiger charge is -2.16. The minimum absolute atomic E-state index is 0.155. The maximum absolute atomic E-state index is 5.81. The molecule has 0 aliphatic rings. The topological polar surface area (TPSA) is 43.3 Å². The number of fused-ring (bicyclic) bond motifs is 1. The first kappa shape index (κ1) is 11.5. The molecule has 0 amide bonds. The molecule has 0 aliphatic heterocycles. The Bertz CT molecular complexity index is 496. The van der Waals surface area contributed by atoms with Crippen LogP contribution in [0, 0.1) is 0 Å². The van der Waals surface area contributed by atoms with Gasteiger partial charge in [-0.2, -0.15) is 0 Å². The number of imidazole rings is 1. The van der Waals surface area contributed by atoms with Crippen LogP contribution in [-0.4, -0.2) is 14.1 Å². The minimum Gasteiger partial charge on any atom is -0.325 e. The average molecular weight is 235 g/mol. The van der Waals surface area contributed by atoms with E-state index in [0.29, 0.717) is 6.54 Å². The molecule has 2 heterocycles. The maximum Gasteiger partial charge on any atom is 0.138 e. The fourth-order valence-corrected chi connectivity index (χ4v) is 2.60. The van der Waals surface area contributed by atoms with Gasteiger partial charge in [0.05, 0.1) is 5.69 Å². The number of nitrogens with zero attached hydrogens (tertiary/aromatic N) is 2. The number of rotatable bonds is 2. The van der Waals surface area contributed by atoms with Gasteiger partial charge in [-0.3, -0.25) is 0 Å². The summed E-state index contributed by atoms with van der Waals surface area (Å²) in [6.45, 7) is 7.07. The molecule has 4 heteroatoms. The highest BCUT2D eigenvalue weighted by Crippen LogP contribution is 2.33. The van der Waals surface area contributed by atoms with Crippen LogP contribution in [0.15, 0.2) is 29.4 Å². The van der Waals surface area contributed by atoms with Crippen molar-refractivity contribution in [2.75, 3.05) is 0 Å². The van der Waals surface area contributed by atoms with Gasteiger partial charge < -0.3 is 10.1 Å². The number of aromatic nitrogens is 2. The van der Waals surface area contributed by atoms with Crippen LogP contribution in [-0.2, 0) is 6.54 Å². The molecule has 2 N–H and O–H groups in total. The standard InChI is InChI=1S/C12H17N3S/c1-12(2,3)16-11-9(8-13)15-7-5-4-6-10(15)14-11/h4-7H,8,13H2,1-3H3. The summed E-state index contributed by atoms with van der Waals surface area (Å²) in [5, 5.41) is 1.04. The van der Waals surface area contributed by atoms with E-state index in [-0.39, 0.29) is 4.75 Å². The van der Waals surface area contributed by atoms with E-state index in [1.54, 1.807) is 11.8 Å². The molecular formula is C12H17N3S. The molecule has 0 fully saturated rings. The Morgan fingerprint density at radius 3 is 2.75 bits per heavy atom. The second kappa shape index (κ2) is 4.11. The summed E-state index contributed by atoms with van der Waals surface area (Å²) in [7, 11) is 0. The van der Waals surface area contributed by atoms with E-state index >= 15 is 0 Å². The average Bonchev–Trinajstić information content (AvgIpc) is 2.51. The molecular weight excluding hydrogens is 218 g/mol. The van der Waals surface area contributed by atoms with Crippen LogP contribution in [0.5, 0.6) is 0 Å². The van der Waals surface area contributed by atoms with Gasteiger partial charge >= 0.3 is 0 Å². The second-order valence-corrected chi connectivity index (χ2v) is 6.53. The monoisotopic (exact) mass is 235 g/mol. The summed E-state index contributed by atoms with van der Waals surface area (Å²) in [5.74, 6) is 0. The zero-order chi connectivity index (χ0) is 11.8. The Labute approximate surface area is 100 Å². The van der Waals surface area contributed by atoms with Gasteiger partial charge in [0, 0.05) is 17.5 Å². The van der Waals surface area contributed by atoms with E-state index < -0.39 is 0 Å². The summed E-state index contributed by atoms with van der Waals surface area (Å²) in [5.41, 5.74) is 7.87. The van der Waals surface area contributed by atoms with Crippen LogP contribution >= 0.6 is 11.8 Å². The third-order valence-corrected chi connectivity index (χ3v) is 3.32. The fourth-order valence-electron chi connectivity index (χ4n) is 1.58. The smallest absolute Gasteiger partial charge is 0.138 e. The number of pyridine rings is 1. The van der Waals surface area contributed by atoms with Crippen molar-refractivity contribution in [1.82, 2.24) is 9.38 Å². The van der Waals surface area contributed by atoms with Crippen molar-refractivity contribution >= 4 is 17.4 Å². The molecule has 0 saturated carbocycles. The molecule has 0 aliphatic carbocycles. The first-order chi connectivity index (χ1) is 7.51. The molecule has 0 spiro atoms. The molecule has 86 valence electrons. The number of hydrogen-bond donors (Lipinski definition) is 1. The zero-order valence-electron chi connectivity index (χ0n) is 9.90. The lowest BCUT2D eigenvalue weighted by molar-refractivity contribution is 0.796. The lowest BCUT2D eigenvalue weighted by atomic mass is 10.3. The van der Waals surface area contributed by atoms with Crippen molar-refractivity contribution in [3.63, 3.8) is 0 Å². The van der Waals surface area contributed by atoms with E-state index in [4.69, 9.17) is 5.73 Å². The van der Waals surface area contributed by atoms with Gasteiger partial charge in [0.1, 0.15) is 10.7 Å². The fraction of sp³-hybridized carbons (Fsp3) is 0.417. The molecule has 2 aromatic heterocycles. The van der Waals surface area contributed by atoms with E-state index in [9.17, 15) is 0 Å². The molecule has 0 radical (unpaired) electrons. The highest BCUT2D eigenvalue weighted by molar-refractivity contribution is 8.00. The summed E-state index contributed by atoms with van der Waals surface area (Å²) in [4.78, 5) is 4.61. The Morgan fingerprint density at radius 1 is 1.38 bits per heavy atom. The predicted octanol–water partition coefficient (Wildman–Crippen LogP) is 2.68. The summed E-state index contributed by atoms with van der Waals surface area (Å²) in [6.07, 6.45) is 2.01. The predicted molar refractivity (Wildman–Crippen MR) is 68.7 cm³/mol. The van der Waals surface area contributed by atoms with Gasteiger partial charge in [-0.1, -0.05) is 38.6 Å². The molecule has 0 aromatic carbocycles. The molecule has 3 nitrogen and oxygen atoms in total. The summed E-state index contributed by atoms with van der Waals surface area (Å²) in [6, 6.07) is 6.00. The molecule has 0 saturated heterocycles. The van der Waals surface area contributed by atoms with E-state index in [2.05, 4.69) is 30.2 Å². The molecule has 0 atom stereocenters. The maximum atomic E-state index is 5.81. The van der Waals surface area contributed by atoms with Crippen molar-refractivity contribution in [2.24, 2.45) is 5.73 Å². The molecule has 0 bridgehead atoms. The van der Waals surface area contributed by atoms with Crippen molar-refractivity contribution in [1.29, 1.82) is 0 Å². The van der Waals surface area contributed by atoms with E-state index in [1.165, 1.54) is 0 Å². The molecule has 0 unspecified atom stereocenters. The Balaban J connectivity index is 2.52. The van der Waals surface area contributed by atoms with Crippen LogP contribution in [0.25, 0.3) is 5.65 Å². The van der Waals surface area contributed by atoms with Gasteiger partial charge in [-0.05, 0) is 12.1 Å². The number of hydrogen-bond acceptors (Lipinski definition) is 3.